The largest absolute Gasteiger partial charge is 0.446 e. The Morgan fingerprint density at radius 1 is 1.08 bits per heavy atom. The van der Waals surface area contributed by atoms with Crippen LogP contribution in [0.3, 0.4) is 0 Å². The third-order valence-electron chi connectivity index (χ3n) is 3.72. The van der Waals surface area contributed by atoms with Gasteiger partial charge in [-0.05, 0) is 37.5 Å². The zero-order valence-corrected chi connectivity index (χ0v) is 18.9. The predicted octanol–water partition coefficient (Wildman–Crippen LogP) is 4.01. The van der Waals surface area contributed by atoms with E-state index in [2.05, 4.69) is 43.6 Å². The van der Waals surface area contributed by atoms with Crippen LogP contribution in [0.2, 0.25) is 19.6 Å². The molecule has 0 amide bonds. The summed E-state index contributed by atoms with van der Waals surface area (Å²) in [5, 5.41) is 6.42. The van der Waals surface area contributed by atoms with Crippen molar-refractivity contribution in [1.82, 2.24) is 4.90 Å². The molecular formula is C17H25N3OPtSi2. The molecule has 0 aliphatic carbocycles. The van der Waals surface area contributed by atoms with Crippen molar-refractivity contribution < 1.29 is 25.2 Å². The molecule has 1 heterocycles. The first-order valence-electron chi connectivity index (χ1n) is 7.62. The van der Waals surface area contributed by atoms with Crippen LogP contribution in [0.1, 0.15) is 0 Å². The molecule has 0 fully saturated rings. The van der Waals surface area contributed by atoms with E-state index in [-0.39, 0.29) is 21.1 Å². The van der Waals surface area contributed by atoms with Gasteiger partial charge in [0.15, 0.2) is 8.32 Å². The molecule has 7 heteroatoms. The van der Waals surface area contributed by atoms with E-state index in [1.54, 1.807) is 0 Å². The molecular weight excluding hydrogens is 513 g/mol. The van der Waals surface area contributed by atoms with Gasteiger partial charge in [0, 0.05) is 28.1 Å². The van der Waals surface area contributed by atoms with E-state index < -0.39 is 16.6 Å². The van der Waals surface area contributed by atoms with Crippen molar-refractivity contribution in [2.24, 2.45) is 5.10 Å². The van der Waals surface area contributed by atoms with Crippen LogP contribution in [-0.4, -0.2) is 34.9 Å². The van der Waals surface area contributed by atoms with E-state index >= 15 is 0 Å². The molecule has 0 radical (unpaired) electrons. The first kappa shape index (κ1) is 20.8. The van der Waals surface area contributed by atoms with Crippen molar-refractivity contribution >= 4 is 28.7 Å². The van der Waals surface area contributed by atoms with E-state index in [0.29, 0.717) is 0 Å². The van der Waals surface area contributed by atoms with Crippen LogP contribution in [0.15, 0.2) is 71.5 Å². The molecule has 4 nitrogen and oxygen atoms in total. The number of hydrogen-bond acceptors (Lipinski definition) is 4. The van der Waals surface area contributed by atoms with Crippen molar-refractivity contribution in [2.75, 3.05) is 12.1 Å². The van der Waals surface area contributed by atoms with Crippen molar-refractivity contribution in [3.05, 3.63) is 66.4 Å². The van der Waals surface area contributed by atoms with Crippen molar-refractivity contribution in [3.63, 3.8) is 0 Å². The second-order valence-electron chi connectivity index (χ2n) is 6.29. The fourth-order valence-electron chi connectivity index (χ4n) is 2.32. The van der Waals surface area contributed by atoms with Crippen LogP contribution in [0.4, 0.5) is 5.69 Å². The van der Waals surface area contributed by atoms with Gasteiger partial charge in [-0.15, -0.1) is 13.2 Å². The summed E-state index contributed by atoms with van der Waals surface area (Å²) in [6.45, 7) is 14.4. The van der Waals surface area contributed by atoms with Gasteiger partial charge >= 0.3 is 0 Å². The summed E-state index contributed by atoms with van der Waals surface area (Å²) in [6.07, 6.45) is 1.81. The predicted molar refractivity (Wildman–Crippen MR) is 104 cm³/mol. The Bertz CT molecular complexity index is 648. The third-order valence-corrected chi connectivity index (χ3v) is 10.2. The average molecular weight is 539 g/mol. The Labute approximate surface area is 161 Å². The molecule has 0 aromatic heterocycles. The van der Waals surface area contributed by atoms with E-state index in [9.17, 15) is 0 Å². The van der Waals surface area contributed by atoms with Gasteiger partial charge in [-0.1, -0.05) is 29.6 Å². The molecule has 0 saturated heterocycles. The molecule has 1 unspecified atom stereocenters. The van der Waals surface area contributed by atoms with Crippen molar-refractivity contribution in [3.8, 4) is 0 Å². The van der Waals surface area contributed by atoms with Crippen LogP contribution >= 0.6 is 0 Å². The summed E-state index contributed by atoms with van der Waals surface area (Å²) in [4.78, 5) is 2.01. The summed E-state index contributed by atoms with van der Waals surface area (Å²) in [5.41, 5.74) is 7.15. The molecule has 132 valence electrons. The van der Waals surface area contributed by atoms with Crippen LogP contribution in [-0.2, 0) is 25.2 Å². The minimum Gasteiger partial charge on any atom is -0.446 e. The smallest absolute Gasteiger partial charge is 0.230 e. The molecule has 24 heavy (non-hydrogen) atoms. The van der Waals surface area contributed by atoms with Gasteiger partial charge in [-0.2, -0.15) is 5.10 Å². The minimum atomic E-state index is -2.23. The number of rotatable bonds is 6. The molecule has 0 N–H and O–H groups in total. The summed E-state index contributed by atoms with van der Waals surface area (Å²) < 4.78 is 6.47. The van der Waals surface area contributed by atoms with E-state index in [0.717, 1.165) is 11.5 Å². The minimum absolute atomic E-state index is 0. The molecule has 1 aromatic rings. The van der Waals surface area contributed by atoms with Crippen LogP contribution in [0.5, 0.6) is 0 Å². The van der Waals surface area contributed by atoms with E-state index in [1.807, 2.05) is 65.0 Å². The standard InChI is InChI=1S/C17H25N3OSi2.Pt/c1-7-22(4,5)21-23(6,8-2)14-17-19(3)15-18-20(17)16-12-10-9-11-13-16;/h7-15H,1-2H2,3-6H3;. The number of benzene rings is 1. The van der Waals surface area contributed by atoms with Gasteiger partial charge in [-0.25, -0.2) is 5.01 Å². The second kappa shape index (κ2) is 8.25. The third kappa shape index (κ3) is 4.89. The quantitative estimate of drug-likeness (QED) is 0.513. The molecule has 0 bridgehead atoms. The van der Waals surface area contributed by atoms with Gasteiger partial charge in [0.25, 0.3) is 0 Å². The monoisotopic (exact) mass is 538 g/mol. The second-order valence-corrected chi connectivity index (χ2v) is 13.8. The number of hydrogen-bond donors (Lipinski definition) is 0. The van der Waals surface area contributed by atoms with Crippen LogP contribution in [0.25, 0.3) is 0 Å². The fourth-order valence-corrected chi connectivity index (χ4v) is 8.72. The van der Waals surface area contributed by atoms with Crippen LogP contribution in [0, 0.1) is 0 Å². The molecule has 0 spiro atoms. The summed E-state index contributed by atoms with van der Waals surface area (Å²) in [7, 11) is -2.14. The van der Waals surface area contributed by atoms with Gasteiger partial charge in [0.2, 0.25) is 8.32 Å². The molecule has 1 atom stereocenters. The molecule has 2 rings (SSSR count). The topological polar surface area (TPSA) is 28.1 Å². The van der Waals surface area contributed by atoms with Crippen LogP contribution < -0.4 is 5.01 Å². The van der Waals surface area contributed by atoms with Gasteiger partial charge < -0.3 is 9.02 Å². The van der Waals surface area contributed by atoms with Crippen molar-refractivity contribution in [1.29, 1.82) is 0 Å². The maximum atomic E-state index is 6.47. The SMILES string of the molecule is C=C[Si](C)(C)O[Si](C)(C=C)C=C1N(C)C=NN1c1ccccc1.[Pt]. The summed E-state index contributed by atoms with van der Waals surface area (Å²) in [6, 6.07) is 10.1. The molecule has 1 aromatic carbocycles. The number of para-hydroxylation sites is 1. The Balaban J connectivity index is 0.00000288. The van der Waals surface area contributed by atoms with E-state index in [4.69, 9.17) is 4.12 Å². The number of anilines is 1. The Kier molecular flexibility index (Phi) is 7.16. The Hall–Kier alpha value is -1.21. The summed E-state index contributed by atoms with van der Waals surface area (Å²) in [5.74, 6) is 0.999. The van der Waals surface area contributed by atoms with Gasteiger partial charge in [0.05, 0.1) is 5.69 Å². The maximum absolute atomic E-state index is 6.47. The Morgan fingerprint density at radius 2 is 1.71 bits per heavy atom. The fraction of sp³-hybridized carbons (Fsp3) is 0.235. The molecule has 0 saturated carbocycles. The van der Waals surface area contributed by atoms with E-state index in [1.165, 1.54) is 0 Å². The zero-order chi connectivity index (χ0) is 17.1. The molecule has 1 aliphatic rings. The number of nitrogens with zero attached hydrogens (tertiary/aromatic N) is 3. The normalized spacial score (nSPS) is 18.2. The zero-order valence-electron chi connectivity index (χ0n) is 14.7. The first-order chi connectivity index (χ1) is 10.8. The average Bonchev–Trinajstić information content (AvgIpc) is 2.88. The molecule has 1 aliphatic heterocycles. The van der Waals surface area contributed by atoms with Gasteiger partial charge in [-0.3, -0.25) is 0 Å². The maximum Gasteiger partial charge on any atom is 0.230 e. The first-order valence-corrected chi connectivity index (χ1v) is 13.2. The Morgan fingerprint density at radius 3 is 2.25 bits per heavy atom. The summed E-state index contributed by atoms with van der Waals surface area (Å²) >= 11 is 0. The number of hydrazone groups is 1. The van der Waals surface area contributed by atoms with Gasteiger partial charge in [0.1, 0.15) is 12.2 Å². The van der Waals surface area contributed by atoms with Crippen molar-refractivity contribution in [2.45, 2.75) is 19.6 Å².